The van der Waals surface area contributed by atoms with Crippen molar-refractivity contribution in [2.75, 3.05) is 5.75 Å². The van der Waals surface area contributed by atoms with Crippen molar-refractivity contribution in [2.45, 2.75) is 5.75 Å². The van der Waals surface area contributed by atoms with Gasteiger partial charge in [-0.1, -0.05) is 18.2 Å². The zero-order valence-corrected chi connectivity index (χ0v) is 7.68. The zero-order chi connectivity index (χ0) is 8.81. The highest BCUT2D eigenvalue weighted by Gasteiger charge is 1.91. The highest BCUT2D eigenvalue weighted by molar-refractivity contribution is 7.98. The maximum Gasteiger partial charge on any atom is 0.115 e. The van der Waals surface area contributed by atoms with Crippen molar-refractivity contribution in [1.82, 2.24) is 0 Å². The molecular formula is C10H12OS. The van der Waals surface area contributed by atoms with E-state index in [4.69, 9.17) is 5.11 Å². The number of thioether (sulfide) groups is 1. The minimum Gasteiger partial charge on any atom is -0.508 e. The summed E-state index contributed by atoms with van der Waals surface area (Å²) < 4.78 is 0. The minimum absolute atomic E-state index is 0.326. The molecule has 0 amide bonds. The van der Waals surface area contributed by atoms with Crippen molar-refractivity contribution in [2.24, 2.45) is 0 Å². The average molecular weight is 180 g/mol. The third-order valence-corrected chi connectivity index (χ3v) is 2.45. The number of phenols is 1. The van der Waals surface area contributed by atoms with Crippen LogP contribution >= 0.6 is 11.8 Å². The van der Waals surface area contributed by atoms with E-state index in [0.717, 1.165) is 11.5 Å². The predicted octanol–water partition coefficient (Wildman–Crippen LogP) is 2.81. The Morgan fingerprint density at radius 1 is 1.33 bits per heavy atom. The monoisotopic (exact) mass is 180 g/mol. The SMILES string of the molecule is C=CCSCc1ccc(O)cc1. The molecule has 2 heteroatoms. The van der Waals surface area contributed by atoms with Gasteiger partial charge in [0.05, 0.1) is 0 Å². The first-order valence-electron chi connectivity index (χ1n) is 3.79. The van der Waals surface area contributed by atoms with Crippen LogP contribution in [0.5, 0.6) is 5.75 Å². The van der Waals surface area contributed by atoms with Crippen LogP contribution in [0.2, 0.25) is 0 Å². The van der Waals surface area contributed by atoms with Gasteiger partial charge in [-0.3, -0.25) is 0 Å². The first-order chi connectivity index (χ1) is 5.83. The van der Waals surface area contributed by atoms with Crippen molar-refractivity contribution < 1.29 is 5.11 Å². The number of phenolic OH excluding ortho intramolecular Hbond substituents is 1. The molecule has 1 aromatic rings. The maximum atomic E-state index is 9.01. The molecule has 0 aromatic heterocycles. The largest absolute Gasteiger partial charge is 0.508 e. The van der Waals surface area contributed by atoms with E-state index in [1.807, 2.05) is 30.0 Å². The van der Waals surface area contributed by atoms with Gasteiger partial charge in [0, 0.05) is 11.5 Å². The molecule has 0 saturated carbocycles. The van der Waals surface area contributed by atoms with E-state index in [2.05, 4.69) is 6.58 Å². The van der Waals surface area contributed by atoms with Gasteiger partial charge in [-0.15, -0.1) is 6.58 Å². The van der Waals surface area contributed by atoms with Gasteiger partial charge in [-0.25, -0.2) is 0 Å². The summed E-state index contributed by atoms with van der Waals surface area (Å²) in [6.45, 7) is 3.65. The lowest BCUT2D eigenvalue weighted by molar-refractivity contribution is 0.475. The molecule has 0 atom stereocenters. The summed E-state index contributed by atoms with van der Waals surface area (Å²) >= 11 is 1.81. The van der Waals surface area contributed by atoms with Gasteiger partial charge < -0.3 is 5.11 Å². The molecule has 0 heterocycles. The van der Waals surface area contributed by atoms with E-state index in [-0.39, 0.29) is 0 Å². The van der Waals surface area contributed by atoms with E-state index >= 15 is 0 Å². The van der Waals surface area contributed by atoms with Crippen molar-refractivity contribution in [3.05, 3.63) is 42.5 Å². The molecule has 0 aliphatic heterocycles. The average Bonchev–Trinajstić information content (AvgIpc) is 2.09. The molecule has 1 N–H and O–H groups in total. The predicted molar refractivity (Wildman–Crippen MR) is 54.5 cm³/mol. The Morgan fingerprint density at radius 2 is 2.00 bits per heavy atom. The van der Waals surface area contributed by atoms with Gasteiger partial charge in [0.25, 0.3) is 0 Å². The van der Waals surface area contributed by atoms with Crippen LogP contribution in [0.1, 0.15) is 5.56 Å². The normalized spacial score (nSPS) is 9.67. The van der Waals surface area contributed by atoms with E-state index in [1.165, 1.54) is 5.56 Å². The number of rotatable bonds is 4. The second-order valence-corrected chi connectivity index (χ2v) is 3.50. The van der Waals surface area contributed by atoms with Crippen LogP contribution in [0.4, 0.5) is 0 Å². The highest BCUT2D eigenvalue weighted by Crippen LogP contribution is 2.15. The Hall–Kier alpha value is -0.890. The van der Waals surface area contributed by atoms with Crippen molar-refractivity contribution in [3.8, 4) is 5.75 Å². The summed E-state index contributed by atoms with van der Waals surface area (Å²) in [7, 11) is 0. The third kappa shape index (κ3) is 3.01. The lowest BCUT2D eigenvalue weighted by atomic mass is 10.2. The standard InChI is InChI=1S/C10H12OS/c1-2-7-12-8-9-3-5-10(11)6-4-9/h2-6,11H,1,7-8H2. The van der Waals surface area contributed by atoms with Crippen LogP contribution in [0.3, 0.4) is 0 Å². The fourth-order valence-electron chi connectivity index (χ4n) is 0.852. The molecule has 1 rings (SSSR count). The van der Waals surface area contributed by atoms with Crippen molar-refractivity contribution >= 4 is 11.8 Å². The quantitative estimate of drug-likeness (QED) is 0.568. The second kappa shape index (κ2) is 4.88. The summed E-state index contributed by atoms with van der Waals surface area (Å²) in [6.07, 6.45) is 1.89. The first kappa shape index (κ1) is 9.20. The maximum absolute atomic E-state index is 9.01. The van der Waals surface area contributed by atoms with Gasteiger partial charge in [-0.2, -0.15) is 11.8 Å². The minimum atomic E-state index is 0.326. The molecule has 64 valence electrons. The summed E-state index contributed by atoms with van der Waals surface area (Å²) in [4.78, 5) is 0. The van der Waals surface area contributed by atoms with E-state index in [0.29, 0.717) is 5.75 Å². The van der Waals surface area contributed by atoms with Crippen LogP contribution in [0.25, 0.3) is 0 Å². The van der Waals surface area contributed by atoms with E-state index in [9.17, 15) is 0 Å². The molecule has 0 aliphatic carbocycles. The smallest absolute Gasteiger partial charge is 0.115 e. The third-order valence-electron chi connectivity index (χ3n) is 1.44. The van der Waals surface area contributed by atoms with Crippen LogP contribution < -0.4 is 0 Å². The van der Waals surface area contributed by atoms with Gasteiger partial charge in [0.1, 0.15) is 5.75 Å². The number of hydrogen-bond acceptors (Lipinski definition) is 2. The lowest BCUT2D eigenvalue weighted by Crippen LogP contribution is -1.79. The molecule has 1 aromatic carbocycles. The molecule has 0 fully saturated rings. The van der Waals surface area contributed by atoms with Crippen LogP contribution in [-0.2, 0) is 5.75 Å². The summed E-state index contributed by atoms with van der Waals surface area (Å²) in [5.74, 6) is 2.28. The second-order valence-electron chi connectivity index (χ2n) is 2.47. The van der Waals surface area contributed by atoms with Crippen LogP contribution in [-0.4, -0.2) is 10.9 Å². The molecule has 12 heavy (non-hydrogen) atoms. The van der Waals surface area contributed by atoms with Crippen molar-refractivity contribution in [1.29, 1.82) is 0 Å². The molecule has 0 aliphatic rings. The van der Waals surface area contributed by atoms with Crippen LogP contribution in [0, 0.1) is 0 Å². The molecule has 0 bridgehead atoms. The molecular weight excluding hydrogens is 168 g/mol. The molecule has 0 spiro atoms. The van der Waals surface area contributed by atoms with Gasteiger partial charge >= 0.3 is 0 Å². The summed E-state index contributed by atoms with van der Waals surface area (Å²) in [6, 6.07) is 7.30. The van der Waals surface area contributed by atoms with Gasteiger partial charge in [0.15, 0.2) is 0 Å². The molecule has 1 nitrogen and oxygen atoms in total. The van der Waals surface area contributed by atoms with E-state index < -0.39 is 0 Å². The van der Waals surface area contributed by atoms with Crippen molar-refractivity contribution in [3.63, 3.8) is 0 Å². The number of benzene rings is 1. The molecule has 0 radical (unpaired) electrons. The van der Waals surface area contributed by atoms with Crippen LogP contribution in [0.15, 0.2) is 36.9 Å². The number of hydrogen-bond donors (Lipinski definition) is 1. The van der Waals surface area contributed by atoms with Gasteiger partial charge in [-0.05, 0) is 17.7 Å². The Balaban J connectivity index is 2.42. The lowest BCUT2D eigenvalue weighted by Gasteiger charge is -1.98. The Morgan fingerprint density at radius 3 is 2.58 bits per heavy atom. The fraction of sp³-hybridized carbons (Fsp3) is 0.200. The Bertz CT molecular complexity index is 241. The first-order valence-corrected chi connectivity index (χ1v) is 4.95. The molecule has 0 saturated heterocycles. The summed E-state index contributed by atoms with van der Waals surface area (Å²) in [5.41, 5.74) is 1.24. The Kier molecular flexibility index (Phi) is 3.74. The highest BCUT2D eigenvalue weighted by atomic mass is 32.2. The number of aromatic hydroxyl groups is 1. The van der Waals surface area contributed by atoms with E-state index in [1.54, 1.807) is 12.1 Å². The zero-order valence-electron chi connectivity index (χ0n) is 6.86. The molecule has 0 unspecified atom stereocenters. The Labute approximate surface area is 77.1 Å². The fourth-order valence-corrected chi connectivity index (χ4v) is 1.56. The summed E-state index contributed by atoms with van der Waals surface area (Å²) in [5, 5.41) is 9.01. The van der Waals surface area contributed by atoms with Gasteiger partial charge in [0.2, 0.25) is 0 Å². The topological polar surface area (TPSA) is 20.2 Å².